The number of aromatic nitrogens is 3. The lowest BCUT2D eigenvalue weighted by Crippen LogP contribution is -2.06. The highest BCUT2D eigenvalue weighted by molar-refractivity contribution is 9.10. The van der Waals surface area contributed by atoms with Crippen molar-refractivity contribution in [3.63, 3.8) is 0 Å². The first-order chi connectivity index (χ1) is 11.7. The second-order valence-corrected chi connectivity index (χ2v) is 5.60. The Balaban J connectivity index is 1.62. The summed E-state index contributed by atoms with van der Waals surface area (Å²) >= 11 is 3.36. The summed E-state index contributed by atoms with van der Waals surface area (Å²) in [4.78, 5) is 20.1. The summed E-state index contributed by atoms with van der Waals surface area (Å²) in [5.74, 6) is 0.526. The first-order valence-corrected chi connectivity index (χ1v) is 7.70. The lowest BCUT2D eigenvalue weighted by atomic mass is 10.2. The zero-order valence-corrected chi connectivity index (χ0v) is 14.2. The highest BCUT2D eigenvalue weighted by atomic mass is 79.9. The van der Waals surface area contributed by atoms with Gasteiger partial charge in [0.05, 0.1) is 12.7 Å². The van der Waals surface area contributed by atoms with Crippen LogP contribution in [0.4, 0.5) is 0 Å². The molecule has 1 aromatic carbocycles. The zero-order chi connectivity index (χ0) is 16.9. The number of halogens is 1. The fraction of sp³-hybridized carbons (Fsp3) is 0.125. The SMILES string of the molecule is COc1ccc(C(=O)OCc2nc(-c3ccc(Br)cc3)no2)cn1. The van der Waals surface area contributed by atoms with Crippen molar-refractivity contribution in [3.8, 4) is 17.3 Å². The number of esters is 1. The molecular formula is C16H12BrN3O4. The van der Waals surface area contributed by atoms with Gasteiger partial charge in [0.15, 0.2) is 6.61 Å². The molecule has 2 heterocycles. The molecule has 3 aromatic rings. The number of hydrogen-bond donors (Lipinski definition) is 0. The molecule has 24 heavy (non-hydrogen) atoms. The molecule has 0 saturated carbocycles. The van der Waals surface area contributed by atoms with Gasteiger partial charge in [-0.25, -0.2) is 9.78 Å². The Morgan fingerprint density at radius 3 is 2.67 bits per heavy atom. The van der Waals surface area contributed by atoms with Gasteiger partial charge in [-0.2, -0.15) is 4.98 Å². The van der Waals surface area contributed by atoms with E-state index in [-0.39, 0.29) is 12.5 Å². The molecule has 0 bridgehead atoms. The molecule has 7 nitrogen and oxygen atoms in total. The minimum Gasteiger partial charge on any atom is -0.481 e. The predicted octanol–water partition coefficient (Wildman–Crippen LogP) is 3.26. The van der Waals surface area contributed by atoms with E-state index in [0.717, 1.165) is 10.0 Å². The molecule has 0 atom stereocenters. The smallest absolute Gasteiger partial charge is 0.340 e. The van der Waals surface area contributed by atoms with E-state index in [1.54, 1.807) is 12.1 Å². The fourth-order valence-electron chi connectivity index (χ4n) is 1.86. The Morgan fingerprint density at radius 2 is 2.00 bits per heavy atom. The van der Waals surface area contributed by atoms with Gasteiger partial charge in [-0.05, 0) is 30.3 Å². The third-order valence-corrected chi connectivity index (χ3v) is 3.61. The molecule has 2 aromatic heterocycles. The van der Waals surface area contributed by atoms with Crippen LogP contribution in [0.3, 0.4) is 0 Å². The molecule has 0 aliphatic carbocycles. The summed E-state index contributed by atoms with van der Waals surface area (Å²) in [5, 5.41) is 3.87. The van der Waals surface area contributed by atoms with E-state index < -0.39 is 5.97 Å². The van der Waals surface area contributed by atoms with Crippen LogP contribution < -0.4 is 4.74 Å². The third kappa shape index (κ3) is 3.77. The Morgan fingerprint density at radius 1 is 1.21 bits per heavy atom. The van der Waals surface area contributed by atoms with Gasteiger partial charge in [0.1, 0.15) is 0 Å². The van der Waals surface area contributed by atoms with Crippen LogP contribution in [-0.4, -0.2) is 28.2 Å². The van der Waals surface area contributed by atoms with Crippen LogP contribution in [0.1, 0.15) is 16.2 Å². The summed E-state index contributed by atoms with van der Waals surface area (Å²) in [6.45, 7) is -0.117. The molecule has 0 fully saturated rings. The van der Waals surface area contributed by atoms with Crippen LogP contribution in [0.15, 0.2) is 51.6 Å². The highest BCUT2D eigenvalue weighted by Gasteiger charge is 2.13. The molecule has 0 amide bonds. The molecule has 0 unspecified atom stereocenters. The van der Waals surface area contributed by atoms with Gasteiger partial charge >= 0.3 is 5.97 Å². The van der Waals surface area contributed by atoms with Crippen LogP contribution in [-0.2, 0) is 11.3 Å². The van der Waals surface area contributed by atoms with Crippen molar-refractivity contribution in [2.24, 2.45) is 0 Å². The van der Waals surface area contributed by atoms with Crippen molar-refractivity contribution < 1.29 is 18.8 Å². The quantitative estimate of drug-likeness (QED) is 0.618. The molecule has 0 saturated heterocycles. The molecule has 0 aliphatic rings. The normalized spacial score (nSPS) is 10.4. The number of ether oxygens (including phenoxy) is 2. The van der Waals surface area contributed by atoms with E-state index in [4.69, 9.17) is 14.0 Å². The maximum absolute atomic E-state index is 11.9. The molecule has 0 radical (unpaired) electrons. The summed E-state index contributed by atoms with van der Waals surface area (Å²) in [5.41, 5.74) is 1.11. The Hall–Kier alpha value is -2.74. The number of carbonyl (C=O) groups is 1. The first-order valence-electron chi connectivity index (χ1n) is 6.91. The van der Waals surface area contributed by atoms with Gasteiger partial charge in [0.2, 0.25) is 11.7 Å². The predicted molar refractivity (Wildman–Crippen MR) is 87.3 cm³/mol. The fourth-order valence-corrected chi connectivity index (χ4v) is 2.13. The van der Waals surface area contributed by atoms with Crippen molar-refractivity contribution in [2.75, 3.05) is 7.11 Å². The Labute approximate surface area is 145 Å². The van der Waals surface area contributed by atoms with E-state index in [1.807, 2.05) is 24.3 Å². The molecular weight excluding hydrogens is 378 g/mol. The van der Waals surface area contributed by atoms with Crippen LogP contribution >= 0.6 is 15.9 Å². The molecule has 0 N–H and O–H groups in total. The number of benzene rings is 1. The standard InChI is InChI=1S/C16H12BrN3O4/c1-22-13-7-4-11(8-18-13)16(21)23-9-14-19-15(20-24-14)10-2-5-12(17)6-3-10/h2-8H,9H2,1H3. The van der Waals surface area contributed by atoms with Crippen molar-refractivity contribution in [2.45, 2.75) is 6.61 Å². The second kappa shape index (κ2) is 7.22. The third-order valence-electron chi connectivity index (χ3n) is 3.08. The average molecular weight is 390 g/mol. The van der Waals surface area contributed by atoms with E-state index in [2.05, 4.69) is 31.1 Å². The van der Waals surface area contributed by atoms with Crippen LogP contribution in [0.2, 0.25) is 0 Å². The van der Waals surface area contributed by atoms with E-state index in [0.29, 0.717) is 17.3 Å². The zero-order valence-electron chi connectivity index (χ0n) is 12.6. The Kier molecular flexibility index (Phi) is 4.85. The lowest BCUT2D eigenvalue weighted by Gasteiger charge is -2.02. The van der Waals surface area contributed by atoms with Crippen LogP contribution in [0.25, 0.3) is 11.4 Å². The van der Waals surface area contributed by atoms with Gasteiger partial charge in [0, 0.05) is 22.3 Å². The van der Waals surface area contributed by atoms with Crippen molar-refractivity contribution in [1.82, 2.24) is 15.1 Å². The van der Waals surface area contributed by atoms with Crippen molar-refractivity contribution in [1.29, 1.82) is 0 Å². The van der Waals surface area contributed by atoms with Gasteiger partial charge < -0.3 is 14.0 Å². The second-order valence-electron chi connectivity index (χ2n) is 4.68. The number of pyridine rings is 1. The number of nitrogens with zero attached hydrogens (tertiary/aromatic N) is 3. The summed E-state index contributed by atoms with van der Waals surface area (Å²) in [7, 11) is 1.50. The Bertz CT molecular complexity index is 831. The molecule has 8 heteroatoms. The van der Waals surface area contributed by atoms with E-state index in [9.17, 15) is 4.79 Å². The van der Waals surface area contributed by atoms with E-state index >= 15 is 0 Å². The van der Waals surface area contributed by atoms with Gasteiger partial charge in [-0.3, -0.25) is 0 Å². The van der Waals surface area contributed by atoms with Crippen molar-refractivity contribution >= 4 is 21.9 Å². The monoisotopic (exact) mass is 389 g/mol. The number of carbonyl (C=O) groups excluding carboxylic acids is 1. The van der Waals surface area contributed by atoms with Crippen molar-refractivity contribution in [3.05, 3.63) is 58.5 Å². The average Bonchev–Trinajstić information content (AvgIpc) is 3.09. The minimum absolute atomic E-state index is 0.117. The van der Waals surface area contributed by atoms with Gasteiger partial charge in [-0.1, -0.05) is 21.1 Å². The number of hydrogen-bond acceptors (Lipinski definition) is 7. The minimum atomic E-state index is -0.534. The summed E-state index contributed by atoms with van der Waals surface area (Å²) in [6, 6.07) is 10.6. The maximum Gasteiger partial charge on any atom is 0.340 e. The van der Waals surface area contributed by atoms with Gasteiger partial charge in [-0.15, -0.1) is 0 Å². The molecule has 3 rings (SSSR count). The largest absolute Gasteiger partial charge is 0.481 e. The highest BCUT2D eigenvalue weighted by Crippen LogP contribution is 2.19. The number of rotatable bonds is 5. The first kappa shape index (κ1) is 16.1. The van der Waals surface area contributed by atoms with E-state index in [1.165, 1.54) is 13.3 Å². The maximum atomic E-state index is 11.9. The lowest BCUT2D eigenvalue weighted by molar-refractivity contribution is 0.0429. The summed E-state index contributed by atoms with van der Waals surface area (Å²) in [6.07, 6.45) is 1.38. The van der Waals surface area contributed by atoms with Crippen LogP contribution in [0, 0.1) is 0 Å². The summed E-state index contributed by atoms with van der Waals surface area (Å²) < 4.78 is 16.1. The topological polar surface area (TPSA) is 87.3 Å². The molecule has 122 valence electrons. The molecule has 0 spiro atoms. The molecule has 0 aliphatic heterocycles. The number of methoxy groups -OCH3 is 1. The van der Waals surface area contributed by atoms with Crippen LogP contribution in [0.5, 0.6) is 5.88 Å². The van der Waals surface area contributed by atoms with Gasteiger partial charge in [0.25, 0.3) is 5.89 Å².